The van der Waals surface area contributed by atoms with Crippen molar-refractivity contribution in [2.75, 3.05) is 7.11 Å². The number of benzene rings is 2. The Balaban J connectivity index is 1.55. The van der Waals surface area contributed by atoms with E-state index in [0.717, 1.165) is 31.5 Å². The number of aryl methyl sites for hydroxylation is 1. The van der Waals surface area contributed by atoms with Crippen LogP contribution in [-0.4, -0.2) is 17.3 Å². The summed E-state index contributed by atoms with van der Waals surface area (Å²) >= 11 is 0. The Labute approximate surface area is 170 Å². The van der Waals surface area contributed by atoms with E-state index >= 15 is 0 Å². The van der Waals surface area contributed by atoms with Crippen molar-refractivity contribution in [1.29, 1.82) is 5.26 Å². The topological polar surface area (TPSA) is 81.2 Å². The Bertz CT molecular complexity index is 1030. The van der Waals surface area contributed by atoms with Crippen molar-refractivity contribution in [2.24, 2.45) is 0 Å². The molecule has 0 saturated heterocycles. The van der Waals surface area contributed by atoms with E-state index < -0.39 is 0 Å². The summed E-state index contributed by atoms with van der Waals surface area (Å²) in [6.07, 6.45) is 4.33. The first-order valence-corrected chi connectivity index (χ1v) is 9.76. The van der Waals surface area contributed by atoms with Crippen LogP contribution in [0.2, 0.25) is 0 Å². The molecule has 0 amide bonds. The highest BCUT2D eigenvalue weighted by molar-refractivity contribution is 5.46. The fourth-order valence-corrected chi connectivity index (χ4v) is 4.00. The average Bonchev–Trinajstić information content (AvgIpc) is 3.43. The van der Waals surface area contributed by atoms with E-state index in [4.69, 9.17) is 19.3 Å². The summed E-state index contributed by atoms with van der Waals surface area (Å²) in [6.45, 7) is 2.23. The van der Waals surface area contributed by atoms with E-state index in [0.29, 0.717) is 23.0 Å². The van der Waals surface area contributed by atoms with Gasteiger partial charge in [-0.3, -0.25) is 0 Å². The zero-order valence-electron chi connectivity index (χ0n) is 16.6. The van der Waals surface area contributed by atoms with Crippen LogP contribution in [0.3, 0.4) is 0 Å². The molecule has 1 saturated carbocycles. The van der Waals surface area contributed by atoms with Gasteiger partial charge in [-0.15, -0.1) is 0 Å². The summed E-state index contributed by atoms with van der Waals surface area (Å²) in [5.74, 6) is 2.17. The predicted octanol–water partition coefficient (Wildman–Crippen LogP) is 4.70. The summed E-state index contributed by atoms with van der Waals surface area (Å²) in [4.78, 5) is 4.67. The maximum absolute atomic E-state index is 9.02. The molecule has 3 aromatic rings. The highest BCUT2D eigenvalue weighted by atomic mass is 16.5. The van der Waals surface area contributed by atoms with Crippen molar-refractivity contribution < 1.29 is 14.0 Å². The lowest BCUT2D eigenvalue weighted by atomic mass is 9.78. The fourth-order valence-electron chi connectivity index (χ4n) is 4.00. The number of rotatable bonds is 6. The number of ether oxygens (including phenoxy) is 2. The van der Waals surface area contributed by atoms with Gasteiger partial charge in [0.15, 0.2) is 23.9 Å². The van der Waals surface area contributed by atoms with Gasteiger partial charge in [-0.25, -0.2) is 0 Å². The predicted molar refractivity (Wildman–Crippen MR) is 107 cm³/mol. The van der Waals surface area contributed by atoms with Gasteiger partial charge < -0.3 is 14.0 Å². The molecule has 4 rings (SSSR count). The Morgan fingerprint density at radius 3 is 2.55 bits per heavy atom. The van der Waals surface area contributed by atoms with Crippen LogP contribution in [0, 0.1) is 18.3 Å². The lowest BCUT2D eigenvalue weighted by molar-refractivity contribution is 0.232. The molecule has 148 valence electrons. The third kappa shape index (κ3) is 3.68. The average molecular weight is 389 g/mol. The first kappa shape index (κ1) is 19.0. The van der Waals surface area contributed by atoms with Crippen LogP contribution in [0.25, 0.3) is 0 Å². The second-order valence-corrected chi connectivity index (χ2v) is 7.43. The summed E-state index contributed by atoms with van der Waals surface area (Å²) in [6, 6.07) is 15.7. The molecular weight excluding hydrogens is 366 g/mol. The SMILES string of the molecule is COc1cc(C#N)ccc1OCc1nc(C2(c3ccc(C)cc3)CCCC2)no1. The van der Waals surface area contributed by atoms with Crippen LogP contribution in [0.4, 0.5) is 0 Å². The Morgan fingerprint density at radius 2 is 1.86 bits per heavy atom. The van der Waals surface area contributed by atoms with Gasteiger partial charge in [-0.1, -0.05) is 47.8 Å². The minimum atomic E-state index is -0.193. The van der Waals surface area contributed by atoms with Gasteiger partial charge in [0.05, 0.1) is 24.2 Å². The lowest BCUT2D eigenvalue weighted by Gasteiger charge is -2.25. The van der Waals surface area contributed by atoms with Crippen LogP contribution in [0.5, 0.6) is 11.5 Å². The smallest absolute Gasteiger partial charge is 0.264 e. The molecule has 2 aromatic carbocycles. The van der Waals surface area contributed by atoms with Gasteiger partial charge >= 0.3 is 0 Å². The quantitative estimate of drug-likeness (QED) is 0.608. The normalized spacial score (nSPS) is 15.1. The van der Waals surface area contributed by atoms with Crippen LogP contribution in [0.1, 0.15) is 54.1 Å². The minimum absolute atomic E-state index is 0.138. The second kappa shape index (κ2) is 7.96. The maximum Gasteiger partial charge on any atom is 0.264 e. The molecule has 0 unspecified atom stereocenters. The molecule has 0 bridgehead atoms. The third-order valence-electron chi connectivity index (χ3n) is 5.60. The van der Waals surface area contributed by atoms with E-state index in [1.807, 2.05) is 0 Å². The van der Waals surface area contributed by atoms with Crippen molar-refractivity contribution >= 4 is 0 Å². The molecular formula is C23H23N3O3. The van der Waals surface area contributed by atoms with Crippen molar-refractivity contribution in [2.45, 2.75) is 44.6 Å². The van der Waals surface area contributed by atoms with Gasteiger partial charge in [0, 0.05) is 6.07 Å². The minimum Gasteiger partial charge on any atom is -0.493 e. The number of nitrogens with zero attached hydrogens (tertiary/aromatic N) is 3. The van der Waals surface area contributed by atoms with E-state index in [-0.39, 0.29) is 12.0 Å². The molecule has 6 nitrogen and oxygen atoms in total. The van der Waals surface area contributed by atoms with Crippen molar-refractivity contribution in [1.82, 2.24) is 10.1 Å². The molecule has 0 aliphatic heterocycles. The molecule has 1 aliphatic rings. The highest BCUT2D eigenvalue weighted by Gasteiger charge is 2.41. The van der Waals surface area contributed by atoms with Gasteiger partial charge in [0.2, 0.25) is 0 Å². The Kier molecular flexibility index (Phi) is 5.22. The van der Waals surface area contributed by atoms with Crippen LogP contribution >= 0.6 is 0 Å². The monoisotopic (exact) mass is 389 g/mol. The van der Waals surface area contributed by atoms with Crippen LogP contribution in [0.15, 0.2) is 47.0 Å². The van der Waals surface area contributed by atoms with Crippen molar-refractivity contribution in [3.63, 3.8) is 0 Å². The van der Waals surface area contributed by atoms with E-state index in [1.165, 1.54) is 11.1 Å². The maximum atomic E-state index is 9.02. The molecule has 0 spiro atoms. The van der Waals surface area contributed by atoms with E-state index in [9.17, 15) is 0 Å². The number of aromatic nitrogens is 2. The van der Waals surface area contributed by atoms with Crippen LogP contribution < -0.4 is 9.47 Å². The largest absolute Gasteiger partial charge is 0.493 e. The first-order valence-electron chi connectivity index (χ1n) is 9.76. The molecule has 1 fully saturated rings. The van der Waals surface area contributed by atoms with E-state index in [1.54, 1.807) is 25.3 Å². The standard InChI is InChI=1S/C23H23N3O3/c1-16-5-8-18(9-6-16)23(11-3-4-12-23)22-25-21(29-26-22)15-28-19-10-7-17(14-24)13-20(19)27-2/h5-10,13H,3-4,11-12,15H2,1-2H3. The highest BCUT2D eigenvalue weighted by Crippen LogP contribution is 2.45. The zero-order chi connectivity index (χ0) is 20.3. The van der Waals surface area contributed by atoms with Gasteiger partial charge in [-0.05, 0) is 37.5 Å². The van der Waals surface area contributed by atoms with E-state index in [2.05, 4.69) is 47.4 Å². The lowest BCUT2D eigenvalue weighted by Crippen LogP contribution is -2.25. The summed E-state index contributed by atoms with van der Waals surface area (Å²) in [5.41, 5.74) is 2.79. The first-order chi connectivity index (χ1) is 14.1. The Morgan fingerprint density at radius 1 is 1.10 bits per heavy atom. The van der Waals surface area contributed by atoms with Crippen molar-refractivity contribution in [3.8, 4) is 17.6 Å². The molecule has 6 heteroatoms. The molecule has 1 aliphatic carbocycles. The molecule has 0 radical (unpaired) electrons. The van der Waals surface area contributed by atoms with Gasteiger partial charge in [-0.2, -0.15) is 10.2 Å². The fraction of sp³-hybridized carbons (Fsp3) is 0.348. The number of nitriles is 1. The van der Waals surface area contributed by atoms with Gasteiger partial charge in [0.25, 0.3) is 5.89 Å². The summed E-state index contributed by atoms with van der Waals surface area (Å²) in [7, 11) is 1.54. The third-order valence-corrected chi connectivity index (χ3v) is 5.60. The molecule has 29 heavy (non-hydrogen) atoms. The van der Waals surface area contributed by atoms with Crippen molar-refractivity contribution in [3.05, 3.63) is 70.9 Å². The molecule has 1 heterocycles. The zero-order valence-corrected chi connectivity index (χ0v) is 16.6. The number of hydrogen-bond donors (Lipinski definition) is 0. The molecule has 0 N–H and O–H groups in total. The second-order valence-electron chi connectivity index (χ2n) is 7.43. The summed E-state index contributed by atoms with van der Waals surface area (Å²) in [5, 5.41) is 13.3. The summed E-state index contributed by atoms with van der Waals surface area (Å²) < 4.78 is 16.6. The number of methoxy groups -OCH3 is 1. The Hall–Kier alpha value is -3.33. The molecule has 0 atom stereocenters. The van der Waals surface area contributed by atoms with Gasteiger partial charge in [0.1, 0.15) is 0 Å². The van der Waals surface area contributed by atoms with Crippen LogP contribution in [-0.2, 0) is 12.0 Å². The molecule has 1 aromatic heterocycles. The number of hydrogen-bond acceptors (Lipinski definition) is 6.